The van der Waals surface area contributed by atoms with Gasteiger partial charge in [0.2, 0.25) is 0 Å². The van der Waals surface area contributed by atoms with Crippen LogP contribution < -0.4 is 5.73 Å². The van der Waals surface area contributed by atoms with Gasteiger partial charge in [0.1, 0.15) is 11.6 Å². The average molecular weight is 355 g/mol. The molecule has 2 aromatic carbocycles. The summed E-state index contributed by atoms with van der Waals surface area (Å²) in [6.07, 6.45) is 0. The number of benzene rings is 2. The molecule has 0 atom stereocenters. The molecule has 3 nitrogen and oxygen atoms in total. The van der Waals surface area contributed by atoms with Gasteiger partial charge in [0.05, 0.1) is 0 Å². The molecular formula is C15H13BrF2N2O. The third-order valence-corrected chi connectivity index (χ3v) is 3.39. The number of carbonyl (C=O) groups is 1. The fourth-order valence-corrected chi connectivity index (χ4v) is 2.44. The van der Waals surface area contributed by atoms with Crippen molar-refractivity contribution in [2.45, 2.75) is 6.54 Å². The summed E-state index contributed by atoms with van der Waals surface area (Å²) in [5.74, 6) is -1.62. The SMILES string of the molecule is CN(Cc1ccc(F)cc1F)C(=O)c1cc(N)cc(Br)c1. The molecular weight excluding hydrogens is 342 g/mol. The second-order valence-electron chi connectivity index (χ2n) is 4.67. The maximum Gasteiger partial charge on any atom is 0.254 e. The Morgan fingerprint density at radius 1 is 1.24 bits per heavy atom. The summed E-state index contributed by atoms with van der Waals surface area (Å²) in [7, 11) is 1.54. The number of nitrogen functional groups attached to an aromatic ring is 1. The van der Waals surface area contributed by atoms with Gasteiger partial charge >= 0.3 is 0 Å². The summed E-state index contributed by atoms with van der Waals surface area (Å²) >= 11 is 3.26. The second-order valence-corrected chi connectivity index (χ2v) is 5.59. The first-order valence-corrected chi connectivity index (χ1v) is 6.91. The van der Waals surface area contributed by atoms with E-state index in [4.69, 9.17) is 5.73 Å². The molecule has 2 N–H and O–H groups in total. The molecule has 2 rings (SSSR count). The van der Waals surface area contributed by atoms with Crippen LogP contribution in [0.5, 0.6) is 0 Å². The van der Waals surface area contributed by atoms with Crippen LogP contribution in [0.3, 0.4) is 0 Å². The Labute approximate surface area is 129 Å². The molecule has 6 heteroatoms. The Balaban J connectivity index is 2.19. The van der Waals surface area contributed by atoms with E-state index in [1.165, 1.54) is 11.0 Å². The van der Waals surface area contributed by atoms with Crippen molar-refractivity contribution in [3.05, 3.63) is 63.6 Å². The van der Waals surface area contributed by atoms with Crippen LogP contribution in [0.1, 0.15) is 15.9 Å². The zero-order chi connectivity index (χ0) is 15.6. The van der Waals surface area contributed by atoms with Crippen LogP contribution in [0, 0.1) is 11.6 Å². The Morgan fingerprint density at radius 3 is 2.57 bits per heavy atom. The van der Waals surface area contributed by atoms with Gasteiger partial charge in [-0.3, -0.25) is 4.79 Å². The molecule has 0 spiro atoms. The van der Waals surface area contributed by atoms with Crippen molar-refractivity contribution in [2.75, 3.05) is 12.8 Å². The van der Waals surface area contributed by atoms with Crippen LogP contribution in [0.4, 0.5) is 14.5 Å². The molecule has 0 aromatic heterocycles. The summed E-state index contributed by atoms with van der Waals surface area (Å²) < 4.78 is 27.1. The number of anilines is 1. The maximum absolute atomic E-state index is 13.6. The fraction of sp³-hybridized carbons (Fsp3) is 0.133. The fourth-order valence-electron chi connectivity index (χ4n) is 1.93. The Hall–Kier alpha value is -1.95. The van der Waals surface area contributed by atoms with Crippen molar-refractivity contribution in [3.63, 3.8) is 0 Å². The largest absolute Gasteiger partial charge is 0.399 e. The highest BCUT2D eigenvalue weighted by atomic mass is 79.9. The molecule has 0 bridgehead atoms. The lowest BCUT2D eigenvalue weighted by Crippen LogP contribution is -2.26. The predicted molar refractivity (Wildman–Crippen MR) is 80.7 cm³/mol. The number of hydrogen-bond donors (Lipinski definition) is 1. The van der Waals surface area contributed by atoms with Crippen LogP contribution in [-0.2, 0) is 6.54 Å². The summed E-state index contributed by atoms with van der Waals surface area (Å²) in [5, 5.41) is 0. The molecule has 0 heterocycles. The minimum absolute atomic E-state index is 0.0391. The van der Waals surface area contributed by atoms with Gasteiger partial charge < -0.3 is 10.6 Å². The zero-order valence-electron chi connectivity index (χ0n) is 11.2. The van der Waals surface area contributed by atoms with Crippen molar-refractivity contribution >= 4 is 27.5 Å². The first kappa shape index (κ1) is 15.4. The third kappa shape index (κ3) is 3.78. The van der Waals surface area contributed by atoms with E-state index in [1.807, 2.05) is 0 Å². The minimum atomic E-state index is -0.677. The third-order valence-electron chi connectivity index (χ3n) is 2.94. The van der Waals surface area contributed by atoms with E-state index in [1.54, 1.807) is 25.2 Å². The lowest BCUT2D eigenvalue weighted by atomic mass is 10.1. The van der Waals surface area contributed by atoms with E-state index in [0.717, 1.165) is 12.1 Å². The van der Waals surface area contributed by atoms with Gasteiger partial charge in [0, 0.05) is 40.9 Å². The quantitative estimate of drug-likeness (QED) is 0.856. The lowest BCUT2D eigenvalue weighted by molar-refractivity contribution is 0.0784. The normalized spacial score (nSPS) is 10.5. The van der Waals surface area contributed by atoms with Gasteiger partial charge in [-0.1, -0.05) is 22.0 Å². The van der Waals surface area contributed by atoms with Crippen molar-refractivity contribution in [1.29, 1.82) is 0 Å². The summed E-state index contributed by atoms with van der Waals surface area (Å²) in [6.45, 7) is 0.0391. The van der Waals surface area contributed by atoms with Gasteiger partial charge in [-0.05, 0) is 24.3 Å². The Bertz CT molecular complexity index is 671. The number of nitrogens with two attached hydrogens (primary N) is 1. The van der Waals surface area contributed by atoms with E-state index < -0.39 is 11.6 Å². The molecule has 2 aromatic rings. The second kappa shape index (κ2) is 6.22. The average Bonchev–Trinajstić information content (AvgIpc) is 2.40. The number of nitrogens with zero attached hydrogens (tertiary/aromatic N) is 1. The maximum atomic E-state index is 13.6. The van der Waals surface area contributed by atoms with E-state index in [-0.39, 0.29) is 18.0 Å². The highest BCUT2D eigenvalue weighted by Gasteiger charge is 2.15. The van der Waals surface area contributed by atoms with Crippen molar-refractivity contribution in [1.82, 2.24) is 4.90 Å². The highest BCUT2D eigenvalue weighted by molar-refractivity contribution is 9.10. The molecule has 0 saturated carbocycles. The summed E-state index contributed by atoms with van der Waals surface area (Å²) in [5.41, 5.74) is 6.78. The molecule has 0 aliphatic carbocycles. The van der Waals surface area contributed by atoms with Crippen LogP contribution in [0.2, 0.25) is 0 Å². The van der Waals surface area contributed by atoms with Gasteiger partial charge in [-0.25, -0.2) is 8.78 Å². The van der Waals surface area contributed by atoms with Crippen LogP contribution >= 0.6 is 15.9 Å². The molecule has 0 unspecified atom stereocenters. The van der Waals surface area contributed by atoms with E-state index in [0.29, 0.717) is 15.7 Å². The van der Waals surface area contributed by atoms with Crippen molar-refractivity contribution < 1.29 is 13.6 Å². The van der Waals surface area contributed by atoms with Gasteiger partial charge in [0.15, 0.2) is 0 Å². The molecule has 21 heavy (non-hydrogen) atoms. The van der Waals surface area contributed by atoms with E-state index >= 15 is 0 Å². The number of hydrogen-bond acceptors (Lipinski definition) is 2. The molecule has 0 saturated heterocycles. The van der Waals surface area contributed by atoms with Crippen molar-refractivity contribution in [2.24, 2.45) is 0 Å². The van der Waals surface area contributed by atoms with Crippen LogP contribution in [0.25, 0.3) is 0 Å². The zero-order valence-corrected chi connectivity index (χ0v) is 12.8. The van der Waals surface area contributed by atoms with Crippen LogP contribution in [0.15, 0.2) is 40.9 Å². The molecule has 0 aliphatic rings. The van der Waals surface area contributed by atoms with Gasteiger partial charge in [-0.2, -0.15) is 0 Å². The van der Waals surface area contributed by atoms with E-state index in [9.17, 15) is 13.6 Å². The standard InChI is InChI=1S/C15H13BrF2N2O/c1-20(8-9-2-3-12(17)7-14(9)18)15(21)10-4-11(16)6-13(19)5-10/h2-7H,8,19H2,1H3. The smallest absolute Gasteiger partial charge is 0.254 e. The molecule has 0 aliphatic heterocycles. The van der Waals surface area contributed by atoms with E-state index in [2.05, 4.69) is 15.9 Å². The molecule has 0 radical (unpaired) electrons. The summed E-state index contributed by atoms with van der Waals surface area (Å²) in [4.78, 5) is 13.6. The van der Waals surface area contributed by atoms with Gasteiger partial charge in [-0.15, -0.1) is 0 Å². The minimum Gasteiger partial charge on any atom is -0.399 e. The van der Waals surface area contributed by atoms with Crippen LogP contribution in [-0.4, -0.2) is 17.9 Å². The predicted octanol–water partition coefficient (Wildman–Crippen LogP) is 3.58. The summed E-state index contributed by atoms with van der Waals surface area (Å²) in [6, 6.07) is 8.14. The molecule has 1 amide bonds. The number of amides is 1. The first-order chi connectivity index (χ1) is 9.86. The van der Waals surface area contributed by atoms with Crippen molar-refractivity contribution in [3.8, 4) is 0 Å². The Morgan fingerprint density at radius 2 is 1.95 bits per heavy atom. The van der Waals surface area contributed by atoms with Gasteiger partial charge in [0.25, 0.3) is 5.91 Å². The number of halogens is 3. The topological polar surface area (TPSA) is 46.3 Å². The number of carbonyl (C=O) groups excluding carboxylic acids is 1. The molecule has 110 valence electrons. The molecule has 0 fully saturated rings. The number of rotatable bonds is 3. The highest BCUT2D eigenvalue weighted by Crippen LogP contribution is 2.19. The monoisotopic (exact) mass is 354 g/mol. The lowest BCUT2D eigenvalue weighted by Gasteiger charge is -2.18. The Kier molecular flexibility index (Phi) is 4.57. The first-order valence-electron chi connectivity index (χ1n) is 6.12.